The highest BCUT2D eigenvalue weighted by atomic mass is 16.5. The normalized spacial score (nSPS) is 11.0. The molecule has 3 rings (SSSR count). The lowest BCUT2D eigenvalue weighted by molar-refractivity contribution is 0.104. The lowest BCUT2D eigenvalue weighted by Crippen LogP contribution is -2.07. The fraction of sp³-hybridized carbons (Fsp3) is 0.118. The van der Waals surface area contributed by atoms with Crippen LogP contribution in [0.4, 0.5) is 0 Å². The minimum atomic E-state index is -0.0231. The van der Waals surface area contributed by atoms with Crippen LogP contribution >= 0.6 is 0 Å². The number of hydrogen-bond donors (Lipinski definition) is 0. The van der Waals surface area contributed by atoms with Gasteiger partial charge < -0.3 is 4.74 Å². The first-order chi connectivity index (χ1) is 9.20. The molecule has 2 heteroatoms. The van der Waals surface area contributed by atoms with E-state index in [0.29, 0.717) is 5.56 Å². The SMILES string of the molecule is C=CC(=O)c1ccc(C)cc1.c1ccc2c(c1)CO2. The number of carbonyl (C=O) groups is 1. The van der Waals surface area contributed by atoms with Gasteiger partial charge in [-0.2, -0.15) is 0 Å². The van der Waals surface area contributed by atoms with Crippen LogP contribution in [-0.4, -0.2) is 5.78 Å². The zero-order chi connectivity index (χ0) is 13.7. The number of carbonyl (C=O) groups excluding carboxylic acids is 1. The molecule has 0 N–H and O–H groups in total. The molecule has 0 fully saturated rings. The Labute approximate surface area is 113 Å². The minimum Gasteiger partial charge on any atom is -0.488 e. The molecule has 0 atom stereocenters. The van der Waals surface area contributed by atoms with Gasteiger partial charge in [0, 0.05) is 11.1 Å². The fourth-order valence-electron chi connectivity index (χ4n) is 1.67. The molecule has 0 spiro atoms. The van der Waals surface area contributed by atoms with Crippen LogP contribution in [0.15, 0.2) is 61.2 Å². The standard InChI is InChI=1S/C10H10O.C7H6O/c1-3-10(11)9-6-4-8(2)5-7-9;1-2-4-7-6(3-1)5-8-7/h3-7H,1H2,2H3;1-4H,5H2. The van der Waals surface area contributed by atoms with E-state index in [0.717, 1.165) is 17.9 Å². The second-order valence-electron chi connectivity index (χ2n) is 4.33. The Morgan fingerprint density at radius 1 is 1.16 bits per heavy atom. The van der Waals surface area contributed by atoms with Crippen molar-refractivity contribution in [2.75, 3.05) is 0 Å². The Kier molecular flexibility index (Phi) is 4.14. The van der Waals surface area contributed by atoms with Gasteiger partial charge in [0.15, 0.2) is 5.78 Å². The van der Waals surface area contributed by atoms with Gasteiger partial charge in [0.05, 0.1) is 0 Å². The van der Waals surface area contributed by atoms with Gasteiger partial charge in [-0.25, -0.2) is 0 Å². The summed E-state index contributed by atoms with van der Waals surface area (Å²) < 4.78 is 5.08. The Balaban J connectivity index is 0.000000146. The summed E-state index contributed by atoms with van der Waals surface area (Å²) in [6.45, 7) is 6.20. The van der Waals surface area contributed by atoms with Crippen LogP contribution in [0, 0.1) is 6.92 Å². The average Bonchev–Trinajstić information content (AvgIpc) is 2.41. The molecule has 1 aliphatic heterocycles. The van der Waals surface area contributed by atoms with Crippen molar-refractivity contribution in [3.63, 3.8) is 0 Å². The number of fused-ring (bicyclic) bond motifs is 1. The Morgan fingerprint density at radius 3 is 2.26 bits per heavy atom. The lowest BCUT2D eigenvalue weighted by Gasteiger charge is -2.18. The zero-order valence-electron chi connectivity index (χ0n) is 10.9. The van der Waals surface area contributed by atoms with E-state index in [9.17, 15) is 4.79 Å². The van der Waals surface area contributed by atoms with E-state index in [2.05, 4.69) is 12.6 Å². The number of hydrogen-bond acceptors (Lipinski definition) is 2. The molecular weight excluding hydrogens is 236 g/mol. The molecule has 2 aromatic rings. The molecule has 2 aromatic carbocycles. The molecule has 1 aliphatic rings. The molecular formula is C17H16O2. The summed E-state index contributed by atoms with van der Waals surface area (Å²) in [7, 11) is 0. The van der Waals surface area contributed by atoms with Crippen molar-refractivity contribution in [2.24, 2.45) is 0 Å². The van der Waals surface area contributed by atoms with Crippen LogP contribution in [0.1, 0.15) is 21.5 Å². The van der Waals surface area contributed by atoms with Crippen LogP contribution < -0.4 is 4.74 Å². The number of benzene rings is 2. The van der Waals surface area contributed by atoms with E-state index in [4.69, 9.17) is 4.74 Å². The van der Waals surface area contributed by atoms with Crippen molar-refractivity contribution >= 4 is 5.78 Å². The molecule has 0 bridgehead atoms. The molecule has 96 valence electrons. The zero-order valence-corrected chi connectivity index (χ0v) is 10.9. The maximum absolute atomic E-state index is 11.0. The first kappa shape index (κ1) is 13.1. The molecule has 0 amide bonds. The van der Waals surface area contributed by atoms with Gasteiger partial charge in [-0.05, 0) is 19.1 Å². The number of allylic oxidation sites excluding steroid dienone is 1. The number of ether oxygens (including phenoxy) is 1. The van der Waals surface area contributed by atoms with Crippen LogP contribution in [-0.2, 0) is 6.61 Å². The largest absolute Gasteiger partial charge is 0.488 e. The van der Waals surface area contributed by atoms with Crippen LogP contribution in [0.3, 0.4) is 0 Å². The highest BCUT2D eigenvalue weighted by Gasteiger charge is 2.10. The number of ketones is 1. The fourth-order valence-corrected chi connectivity index (χ4v) is 1.67. The molecule has 0 aliphatic carbocycles. The first-order valence-electron chi connectivity index (χ1n) is 6.15. The van der Waals surface area contributed by atoms with E-state index < -0.39 is 0 Å². The Morgan fingerprint density at radius 2 is 1.84 bits per heavy atom. The lowest BCUT2D eigenvalue weighted by atomic mass is 10.1. The Hall–Kier alpha value is -2.35. The number of para-hydroxylation sites is 1. The molecule has 19 heavy (non-hydrogen) atoms. The van der Waals surface area contributed by atoms with E-state index in [1.807, 2.05) is 37.3 Å². The predicted molar refractivity (Wildman–Crippen MR) is 76.5 cm³/mol. The summed E-state index contributed by atoms with van der Waals surface area (Å²) in [5.41, 5.74) is 3.18. The van der Waals surface area contributed by atoms with Crippen LogP contribution in [0.2, 0.25) is 0 Å². The molecule has 1 heterocycles. The molecule has 0 aromatic heterocycles. The third-order valence-corrected chi connectivity index (χ3v) is 2.88. The summed E-state index contributed by atoms with van der Waals surface area (Å²) >= 11 is 0. The maximum Gasteiger partial charge on any atom is 0.185 e. The molecule has 0 saturated heterocycles. The second-order valence-corrected chi connectivity index (χ2v) is 4.33. The molecule has 0 unspecified atom stereocenters. The maximum atomic E-state index is 11.0. The van der Waals surface area contributed by atoms with E-state index in [1.165, 1.54) is 11.6 Å². The van der Waals surface area contributed by atoms with Crippen molar-refractivity contribution in [1.29, 1.82) is 0 Å². The van der Waals surface area contributed by atoms with Gasteiger partial charge in [0.2, 0.25) is 0 Å². The summed E-state index contributed by atoms with van der Waals surface area (Å²) in [6.07, 6.45) is 1.32. The number of rotatable bonds is 2. The predicted octanol–water partition coefficient (Wildman–Crippen LogP) is 3.94. The van der Waals surface area contributed by atoms with Gasteiger partial charge in [0.1, 0.15) is 12.4 Å². The third-order valence-electron chi connectivity index (χ3n) is 2.88. The minimum absolute atomic E-state index is 0.0231. The van der Waals surface area contributed by atoms with Gasteiger partial charge in [-0.3, -0.25) is 4.79 Å². The average molecular weight is 252 g/mol. The highest BCUT2D eigenvalue weighted by molar-refractivity contribution is 6.04. The van der Waals surface area contributed by atoms with Gasteiger partial charge in [-0.15, -0.1) is 0 Å². The second kappa shape index (κ2) is 6.01. The van der Waals surface area contributed by atoms with Gasteiger partial charge >= 0.3 is 0 Å². The molecule has 2 nitrogen and oxygen atoms in total. The van der Waals surface area contributed by atoms with E-state index in [1.54, 1.807) is 12.1 Å². The summed E-state index contributed by atoms with van der Waals surface area (Å²) in [4.78, 5) is 11.0. The third kappa shape index (κ3) is 3.32. The summed E-state index contributed by atoms with van der Waals surface area (Å²) in [6, 6.07) is 15.5. The van der Waals surface area contributed by atoms with Crippen molar-refractivity contribution in [2.45, 2.75) is 13.5 Å². The van der Waals surface area contributed by atoms with Gasteiger partial charge in [-0.1, -0.05) is 54.6 Å². The Bertz CT molecular complexity index is 559. The van der Waals surface area contributed by atoms with Crippen molar-refractivity contribution < 1.29 is 9.53 Å². The number of aryl methyl sites for hydroxylation is 1. The molecule has 0 saturated carbocycles. The van der Waals surface area contributed by atoms with Crippen LogP contribution in [0.5, 0.6) is 5.75 Å². The van der Waals surface area contributed by atoms with Crippen molar-refractivity contribution in [3.8, 4) is 5.75 Å². The summed E-state index contributed by atoms with van der Waals surface area (Å²) in [5.74, 6) is 1.03. The van der Waals surface area contributed by atoms with Gasteiger partial charge in [0.25, 0.3) is 0 Å². The van der Waals surface area contributed by atoms with Crippen molar-refractivity contribution in [1.82, 2.24) is 0 Å². The van der Waals surface area contributed by atoms with Crippen LogP contribution in [0.25, 0.3) is 0 Å². The molecule has 0 radical (unpaired) electrons. The monoisotopic (exact) mass is 252 g/mol. The van der Waals surface area contributed by atoms with E-state index >= 15 is 0 Å². The first-order valence-corrected chi connectivity index (χ1v) is 6.15. The smallest absolute Gasteiger partial charge is 0.185 e. The van der Waals surface area contributed by atoms with E-state index in [-0.39, 0.29) is 5.78 Å². The van der Waals surface area contributed by atoms with Crippen molar-refractivity contribution in [3.05, 3.63) is 77.9 Å². The summed E-state index contributed by atoms with van der Waals surface area (Å²) in [5, 5.41) is 0. The topological polar surface area (TPSA) is 26.3 Å². The quantitative estimate of drug-likeness (QED) is 0.597. The highest BCUT2D eigenvalue weighted by Crippen LogP contribution is 2.27.